The number of hydrogen-bond acceptors (Lipinski definition) is 3. The van der Waals surface area contributed by atoms with Crippen molar-refractivity contribution >= 4 is 11.8 Å². The van der Waals surface area contributed by atoms with E-state index in [0.717, 1.165) is 16.3 Å². The Morgan fingerprint density at radius 3 is 3.00 bits per heavy atom. The van der Waals surface area contributed by atoms with Crippen LogP contribution in [0.4, 0.5) is 0 Å². The molecule has 2 rings (SSSR count). The van der Waals surface area contributed by atoms with E-state index in [1.165, 1.54) is 0 Å². The fraction of sp³-hybridized carbons (Fsp3) is 0.111. The highest BCUT2D eigenvalue weighted by Gasteiger charge is 2.01. The van der Waals surface area contributed by atoms with Crippen molar-refractivity contribution in [2.24, 2.45) is 0 Å². The predicted molar refractivity (Wildman–Crippen MR) is 53.6 cm³/mol. The van der Waals surface area contributed by atoms with Crippen molar-refractivity contribution in [1.82, 2.24) is 15.2 Å². The third kappa shape index (κ3) is 1.72. The van der Waals surface area contributed by atoms with Gasteiger partial charge in [-0.3, -0.25) is 10.1 Å². The van der Waals surface area contributed by atoms with E-state index in [2.05, 4.69) is 15.2 Å². The van der Waals surface area contributed by atoms with Gasteiger partial charge in [-0.1, -0.05) is 0 Å². The number of H-pyrrole nitrogens is 1. The molecule has 0 amide bonds. The van der Waals surface area contributed by atoms with Crippen LogP contribution in [0.1, 0.15) is 0 Å². The number of aromatic nitrogens is 3. The van der Waals surface area contributed by atoms with Gasteiger partial charge in [-0.2, -0.15) is 5.10 Å². The Balaban J connectivity index is 2.36. The molecule has 0 fully saturated rings. The lowest BCUT2D eigenvalue weighted by Crippen LogP contribution is -1.77. The minimum absolute atomic E-state index is 0.999. The maximum absolute atomic E-state index is 4.12. The summed E-state index contributed by atoms with van der Waals surface area (Å²) in [6.07, 6.45) is 5.58. The average Bonchev–Trinajstić information content (AvgIpc) is 2.67. The third-order valence-corrected chi connectivity index (χ3v) is 2.36. The second-order valence-corrected chi connectivity index (χ2v) is 3.39. The standard InChI is InChI=1S/C9H9N3S/c1-13-9-5-8(11-12-9)7-3-2-4-10-6-7/h2-6H,1H3,(H,11,12). The molecule has 2 heterocycles. The maximum Gasteiger partial charge on any atom is 0.118 e. The highest BCUT2D eigenvalue weighted by molar-refractivity contribution is 7.98. The Labute approximate surface area is 80.6 Å². The molecule has 0 atom stereocenters. The van der Waals surface area contributed by atoms with E-state index in [0.29, 0.717) is 0 Å². The van der Waals surface area contributed by atoms with Gasteiger partial charge in [0, 0.05) is 18.0 Å². The maximum atomic E-state index is 4.12. The number of hydrogen-bond donors (Lipinski definition) is 1. The summed E-state index contributed by atoms with van der Waals surface area (Å²) >= 11 is 1.62. The Kier molecular flexibility index (Phi) is 2.31. The summed E-state index contributed by atoms with van der Waals surface area (Å²) in [5, 5.41) is 8.08. The number of nitrogens with zero attached hydrogens (tertiary/aromatic N) is 2. The van der Waals surface area contributed by atoms with E-state index >= 15 is 0 Å². The molecule has 66 valence electrons. The number of pyridine rings is 1. The van der Waals surface area contributed by atoms with Gasteiger partial charge in [0.2, 0.25) is 0 Å². The second-order valence-electron chi connectivity index (χ2n) is 2.57. The molecule has 0 spiro atoms. The van der Waals surface area contributed by atoms with Crippen molar-refractivity contribution in [1.29, 1.82) is 0 Å². The fourth-order valence-electron chi connectivity index (χ4n) is 1.08. The molecule has 0 aliphatic heterocycles. The van der Waals surface area contributed by atoms with Gasteiger partial charge in [0.25, 0.3) is 0 Å². The number of rotatable bonds is 2. The molecule has 0 bridgehead atoms. The molecule has 1 N–H and O–H groups in total. The number of aromatic amines is 1. The van der Waals surface area contributed by atoms with Crippen molar-refractivity contribution in [3.63, 3.8) is 0 Å². The summed E-state index contributed by atoms with van der Waals surface area (Å²) in [7, 11) is 0. The van der Waals surface area contributed by atoms with E-state index in [1.807, 2.05) is 30.7 Å². The van der Waals surface area contributed by atoms with Crippen LogP contribution in [0.25, 0.3) is 11.3 Å². The molecule has 0 saturated heterocycles. The van der Waals surface area contributed by atoms with Gasteiger partial charge in [0.15, 0.2) is 0 Å². The van der Waals surface area contributed by atoms with Gasteiger partial charge in [-0.05, 0) is 24.5 Å². The topological polar surface area (TPSA) is 41.6 Å². The van der Waals surface area contributed by atoms with Crippen molar-refractivity contribution in [2.75, 3.05) is 6.26 Å². The van der Waals surface area contributed by atoms with Crippen molar-refractivity contribution in [3.8, 4) is 11.3 Å². The zero-order valence-corrected chi connectivity index (χ0v) is 8.01. The molecule has 2 aromatic heterocycles. The normalized spacial score (nSPS) is 10.2. The van der Waals surface area contributed by atoms with Crippen molar-refractivity contribution < 1.29 is 0 Å². The first-order valence-electron chi connectivity index (χ1n) is 3.90. The van der Waals surface area contributed by atoms with Crippen LogP contribution in [0.2, 0.25) is 0 Å². The first-order chi connectivity index (χ1) is 6.40. The van der Waals surface area contributed by atoms with E-state index in [4.69, 9.17) is 0 Å². The Morgan fingerprint density at radius 2 is 2.38 bits per heavy atom. The van der Waals surface area contributed by atoms with E-state index in [9.17, 15) is 0 Å². The third-order valence-electron chi connectivity index (χ3n) is 1.74. The van der Waals surface area contributed by atoms with Gasteiger partial charge in [0.05, 0.1) is 5.69 Å². The van der Waals surface area contributed by atoms with Gasteiger partial charge < -0.3 is 0 Å². The van der Waals surface area contributed by atoms with E-state index < -0.39 is 0 Å². The van der Waals surface area contributed by atoms with Gasteiger partial charge in [-0.25, -0.2) is 0 Å². The minimum Gasteiger partial charge on any atom is -0.277 e. The highest BCUT2D eigenvalue weighted by atomic mass is 32.2. The molecule has 0 radical (unpaired) electrons. The first-order valence-corrected chi connectivity index (χ1v) is 5.12. The monoisotopic (exact) mass is 191 g/mol. The minimum atomic E-state index is 0.999. The molecule has 3 nitrogen and oxygen atoms in total. The molecule has 0 aliphatic carbocycles. The number of nitrogens with one attached hydrogen (secondary N) is 1. The first kappa shape index (κ1) is 8.31. The Morgan fingerprint density at radius 1 is 1.46 bits per heavy atom. The summed E-state index contributed by atoms with van der Waals surface area (Å²) in [6.45, 7) is 0. The van der Waals surface area contributed by atoms with E-state index in [-0.39, 0.29) is 0 Å². The van der Waals surface area contributed by atoms with Crippen LogP contribution in [-0.4, -0.2) is 21.4 Å². The SMILES string of the molecule is CSc1cc(-c2cccnc2)[nH]n1. The molecule has 0 aliphatic rings. The van der Waals surface area contributed by atoms with Crippen LogP contribution < -0.4 is 0 Å². The highest BCUT2D eigenvalue weighted by Crippen LogP contribution is 2.20. The lowest BCUT2D eigenvalue weighted by Gasteiger charge is -1.92. The summed E-state index contributed by atoms with van der Waals surface area (Å²) in [6, 6.07) is 5.93. The summed E-state index contributed by atoms with van der Waals surface area (Å²) in [5.41, 5.74) is 2.08. The molecule has 2 aromatic rings. The zero-order chi connectivity index (χ0) is 9.10. The van der Waals surface area contributed by atoms with Crippen LogP contribution in [0.5, 0.6) is 0 Å². The average molecular weight is 191 g/mol. The molecule has 0 unspecified atom stereocenters. The largest absolute Gasteiger partial charge is 0.277 e. The lowest BCUT2D eigenvalue weighted by molar-refractivity contribution is 1.01. The van der Waals surface area contributed by atoms with Crippen LogP contribution in [0.3, 0.4) is 0 Å². The molecule has 0 aromatic carbocycles. The Bertz CT molecular complexity index is 383. The summed E-state index contributed by atoms with van der Waals surface area (Å²) in [5.74, 6) is 0. The van der Waals surface area contributed by atoms with Crippen LogP contribution in [0, 0.1) is 0 Å². The van der Waals surface area contributed by atoms with Gasteiger partial charge in [-0.15, -0.1) is 11.8 Å². The summed E-state index contributed by atoms with van der Waals surface area (Å²) in [4.78, 5) is 4.04. The quantitative estimate of drug-likeness (QED) is 0.740. The lowest BCUT2D eigenvalue weighted by atomic mass is 10.2. The van der Waals surface area contributed by atoms with Crippen molar-refractivity contribution in [2.45, 2.75) is 5.03 Å². The summed E-state index contributed by atoms with van der Waals surface area (Å²) < 4.78 is 0. The smallest absolute Gasteiger partial charge is 0.118 e. The van der Waals surface area contributed by atoms with Crippen molar-refractivity contribution in [3.05, 3.63) is 30.6 Å². The number of thioether (sulfide) groups is 1. The molecular formula is C9H9N3S. The second kappa shape index (κ2) is 3.62. The molecule has 0 saturated carbocycles. The predicted octanol–water partition coefficient (Wildman–Crippen LogP) is 2.19. The van der Waals surface area contributed by atoms with Gasteiger partial charge >= 0.3 is 0 Å². The van der Waals surface area contributed by atoms with Gasteiger partial charge in [0.1, 0.15) is 5.03 Å². The fourth-order valence-corrected chi connectivity index (χ4v) is 1.45. The van der Waals surface area contributed by atoms with E-state index in [1.54, 1.807) is 18.0 Å². The zero-order valence-electron chi connectivity index (χ0n) is 7.19. The van der Waals surface area contributed by atoms with Crippen LogP contribution in [-0.2, 0) is 0 Å². The molecular weight excluding hydrogens is 182 g/mol. The molecule has 4 heteroatoms. The molecule has 13 heavy (non-hydrogen) atoms. The van der Waals surface area contributed by atoms with Crippen LogP contribution >= 0.6 is 11.8 Å². The Hall–Kier alpha value is -1.29. The van der Waals surface area contributed by atoms with Crippen LogP contribution in [0.15, 0.2) is 35.6 Å².